The predicted octanol–water partition coefficient (Wildman–Crippen LogP) is 0.307. The summed E-state index contributed by atoms with van der Waals surface area (Å²) in [6, 6.07) is 0. The van der Waals surface area contributed by atoms with E-state index in [2.05, 4.69) is 5.32 Å². The lowest BCUT2D eigenvalue weighted by Gasteiger charge is -2.15. The molecule has 0 saturated heterocycles. The van der Waals surface area contributed by atoms with Crippen LogP contribution >= 0.6 is 0 Å². The van der Waals surface area contributed by atoms with Crippen molar-refractivity contribution >= 4 is 17.5 Å². The standard InChI is InChI=1S/C9H15NO3/c1-6(11)5-10-8(13)7(12)9(2,3)4/h5H2,1-4H3,(H,10,13). The highest BCUT2D eigenvalue weighted by Gasteiger charge is 2.27. The Hall–Kier alpha value is -1.19. The van der Waals surface area contributed by atoms with E-state index in [0.29, 0.717) is 0 Å². The van der Waals surface area contributed by atoms with Gasteiger partial charge in [0, 0.05) is 5.41 Å². The number of rotatable bonds is 3. The zero-order chi connectivity index (χ0) is 10.6. The summed E-state index contributed by atoms with van der Waals surface area (Å²) in [5.41, 5.74) is -0.694. The average molecular weight is 185 g/mol. The molecule has 13 heavy (non-hydrogen) atoms. The first-order valence-electron chi connectivity index (χ1n) is 4.07. The van der Waals surface area contributed by atoms with Gasteiger partial charge >= 0.3 is 0 Å². The van der Waals surface area contributed by atoms with Gasteiger partial charge in [-0.05, 0) is 6.92 Å². The maximum absolute atomic E-state index is 11.3. The van der Waals surface area contributed by atoms with Crippen molar-refractivity contribution in [3.63, 3.8) is 0 Å². The summed E-state index contributed by atoms with van der Waals surface area (Å²) in [5, 5.41) is 2.25. The van der Waals surface area contributed by atoms with E-state index in [4.69, 9.17) is 0 Å². The first kappa shape index (κ1) is 11.8. The first-order valence-corrected chi connectivity index (χ1v) is 4.07. The van der Waals surface area contributed by atoms with E-state index < -0.39 is 17.1 Å². The van der Waals surface area contributed by atoms with Crippen LogP contribution in [0.5, 0.6) is 0 Å². The molecule has 4 nitrogen and oxygen atoms in total. The first-order chi connectivity index (χ1) is 5.75. The zero-order valence-corrected chi connectivity index (χ0v) is 8.43. The Morgan fingerprint density at radius 1 is 1.15 bits per heavy atom. The second-order valence-corrected chi connectivity index (χ2v) is 3.96. The van der Waals surface area contributed by atoms with E-state index in [0.717, 1.165) is 0 Å². The van der Waals surface area contributed by atoms with E-state index in [1.165, 1.54) is 6.92 Å². The van der Waals surface area contributed by atoms with E-state index in [-0.39, 0.29) is 12.3 Å². The smallest absolute Gasteiger partial charge is 0.288 e. The molecule has 0 heterocycles. The monoisotopic (exact) mass is 185 g/mol. The van der Waals surface area contributed by atoms with Crippen LogP contribution in [0.15, 0.2) is 0 Å². The van der Waals surface area contributed by atoms with Crippen molar-refractivity contribution in [1.29, 1.82) is 0 Å². The van der Waals surface area contributed by atoms with Crippen molar-refractivity contribution in [2.24, 2.45) is 5.41 Å². The number of hydrogen-bond donors (Lipinski definition) is 1. The van der Waals surface area contributed by atoms with Crippen molar-refractivity contribution in [2.45, 2.75) is 27.7 Å². The molecule has 0 atom stereocenters. The van der Waals surface area contributed by atoms with E-state index in [1.807, 2.05) is 0 Å². The number of Topliss-reactive ketones (excluding diaryl/α,β-unsaturated/α-hetero) is 2. The van der Waals surface area contributed by atoms with E-state index >= 15 is 0 Å². The topological polar surface area (TPSA) is 63.2 Å². The molecule has 0 aliphatic carbocycles. The van der Waals surface area contributed by atoms with E-state index in [9.17, 15) is 14.4 Å². The summed E-state index contributed by atoms with van der Waals surface area (Å²) < 4.78 is 0. The van der Waals surface area contributed by atoms with Gasteiger partial charge in [0.25, 0.3) is 5.91 Å². The van der Waals surface area contributed by atoms with Crippen LogP contribution in [0.1, 0.15) is 27.7 Å². The van der Waals surface area contributed by atoms with Crippen LogP contribution in [-0.4, -0.2) is 24.0 Å². The molecule has 0 bridgehead atoms. The molecule has 0 fully saturated rings. The van der Waals surface area contributed by atoms with Gasteiger partial charge in [-0.2, -0.15) is 0 Å². The molecule has 0 aromatic carbocycles. The quantitative estimate of drug-likeness (QED) is 0.643. The minimum absolute atomic E-state index is 0.0827. The summed E-state index contributed by atoms with van der Waals surface area (Å²) in [6.07, 6.45) is 0. The molecular formula is C9H15NO3. The minimum atomic E-state index is -0.694. The number of carbonyl (C=O) groups is 3. The predicted molar refractivity (Wildman–Crippen MR) is 48.2 cm³/mol. The van der Waals surface area contributed by atoms with Crippen molar-refractivity contribution in [3.05, 3.63) is 0 Å². The van der Waals surface area contributed by atoms with Gasteiger partial charge in [-0.1, -0.05) is 20.8 Å². The largest absolute Gasteiger partial charge is 0.342 e. The highest BCUT2D eigenvalue weighted by atomic mass is 16.2. The van der Waals surface area contributed by atoms with Crippen LogP contribution in [-0.2, 0) is 14.4 Å². The maximum atomic E-state index is 11.3. The Balaban J connectivity index is 4.14. The molecule has 1 amide bonds. The fourth-order valence-corrected chi connectivity index (χ4v) is 0.626. The van der Waals surface area contributed by atoms with Crippen LogP contribution in [0.3, 0.4) is 0 Å². The summed E-state index contributed by atoms with van der Waals surface area (Å²) >= 11 is 0. The number of hydrogen-bond acceptors (Lipinski definition) is 3. The maximum Gasteiger partial charge on any atom is 0.288 e. The number of nitrogens with one attached hydrogen (secondary N) is 1. The van der Waals surface area contributed by atoms with Crippen LogP contribution in [0.2, 0.25) is 0 Å². The third-order valence-corrected chi connectivity index (χ3v) is 1.39. The fraction of sp³-hybridized carbons (Fsp3) is 0.667. The van der Waals surface area contributed by atoms with Crippen LogP contribution in [0, 0.1) is 5.41 Å². The Bertz CT molecular complexity index is 238. The molecule has 0 aromatic heterocycles. The molecular weight excluding hydrogens is 170 g/mol. The molecule has 74 valence electrons. The molecule has 1 N–H and O–H groups in total. The molecule has 4 heteroatoms. The highest BCUT2D eigenvalue weighted by Crippen LogP contribution is 2.13. The van der Waals surface area contributed by atoms with Crippen LogP contribution in [0.25, 0.3) is 0 Å². The van der Waals surface area contributed by atoms with Gasteiger partial charge in [0.15, 0.2) is 0 Å². The third kappa shape index (κ3) is 4.40. The summed E-state index contributed by atoms with van der Waals surface area (Å²) in [4.78, 5) is 32.8. The van der Waals surface area contributed by atoms with Gasteiger partial charge < -0.3 is 5.32 Å². The molecule has 0 aliphatic rings. The summed E-state index contributed by atoms with van der Waals surface area (Å²) in [5.74, 6) is -1.37. The lowest BCUT2D eigenvalue weighted by molar-refractivity contribution is -0.142. The number of ketones is 2. The summed E-state index contributed by atoms with van der Waals surface area (Å²) in [7, 11) is 0. The van der Waals surface area contributed by atoms with Gasteiger partial charge in [-0.3, -0.25) is 14.4 Å². The Morgan fingerprint density at radius 2 is 1.62 bits per heavy atom. The van der Waals surface area contributed by atoms with Gasteiger partial charge in [0.2, 0.25) is 5.78 Å². The Kier molecular flexibility index (Phi) is 3.78. The zero-order valence-electron chi connectivity index (χ0n) is 8.43. The highest BCUT2D eigenvalue weighted by molar-refractivity contribution is 6.38. The van der Waals surface area contributed by atoms with Crippen molar-refractivity contribution in [3.8, 4) is 0 Å². The number of carbonyl (C=O) groups excluding carboxylic acids is 3. The molecule has 0 aliphatic heterocycles. The molecule has 0 rings (SSSR count). The number of amides is 1. The van der Waals surface area contributed by atoms with Gasteiger partial charge in [-0.25, -0.2) is 0 Å². The Labute approximate surface area is 77.7 Å². The van der Waals surface area contributed by atoms with Crippen molar-refractivity contribution < 1.29 is 14.4 Å². The Morgan fingerprint density at radius 3 is 1.92 bits per heavy atom. The van der Waals surface area contributed by atoms with Crippen molar-refractivity contribution in [1.82, 2.24) is 5.32 Å². The van der Waals surface area contributed by atoms with Crippen LogP contribution in [0.4, 0.5) is 0 Å². The second kappa shape index (κ2) is 4.16. The average Bonchev–Trinajstić information content (AvgIpc) is 1.96. The SMILES string of the molecule is CC(=O)CNC(=O)C(=O)C(C)(C)C. The van der Waals surface area contributed by atoms with Crippen molar-refractivity contribution in [2.75, 3.05) is 6.54 Å². The summed E-state index contributed by atoms with van der Waals surface area (Å²) in [6.45, 7) is 6.23. The second-order valence-electron chi connectivity index (χ2n) is 3.96. The van der Waals surface area contributed by atoms with Gasteiger partial charge in [0.1, 0.15) is 5.78 Å². The molecule has 0 unspecified atom stereocenters. The fourth-order valence-electron chi connectivity index (χ4n) is 0.626. The molecule has 0 aromatic rings. The lowest BCUT2D eigenvalue weighted by Crippen LogP contribution is -2.40. The lowest BCUT2D eigenvalue weighted by atomic mass is 9.90. The normalized spacial score (nSPS) is 10.8. The third-order valence-electron chi connectivity index (χ3n) is 1.39. The molecule has 0 radical (unpaired) electrons. The van der Waals surface area contributed by atoms with Gasteiger partial charge in [0.05, 0.1) is 6.54 Å². The minimum Gasteiger partial charge on any atom is -0.342 e. The molecule has 0 saturated carbocycles. The van der Waals surface area contributed by atoms with E-state index in [1.54, 1.807) is 20.8 Å². The van der Waals surface area contributed by atoms with Crippen LogP contribution < -0.4 is 5.32 Å². The van der Waals surface area contributed by atoms with Gasteiger partial charge in [-0.15, -0.1) is 0 Å². The molecule has 0 spiro atoms.